The van der Waals surface area contributed by atoms with Gasteiger partial charge in [0.05, 0.1) is 24.9 Å². The molecule has 1 aromatic carbocycles. The van der Waals surface area contributed by atoms with Gasteiger partial charge in [-0.1, -0.05) is 48.2 Å². The maximum absolute atomic E-state index is 9.75. The van der Waals surface area contributed by atoms with E-state index >= 15 is 0 Å². The minimum Gasteiger partial charge on any atom is -0.390 e. The van der Waals surface area contributed by atoms with Crippen molar-refractivity contribution >= 4 is 0 Å². The minimum atomic E-state index is -0.758. The lowest BCUT2D eigenvalue weighted by atomic mass is 10.1. The van der Waals surface area contributed by atoms with Gasteiger partial charge in [0.15, 0.2) is 0 Å². The maximum Gasteiger partial charge on any atom is 0.0808 e. The molecule has 114 valence electrons. The van der Waals surface area contributed by atoms with Gasteiger partial charge in [-0.05, 0) is 31.9 Å². The molecule has 0 bridgehead atoms. The monoisotopic (exact) mass is 288 g/mol. The van der Waals surface area contributed by atoms with Crippen LogP contribution in [0.1, 0.15) is 32.3 Å². The zero-order valence-electron chi connectivity index (χ0n) is 12.7. The highest BCUT2D eigenvalue weighted by Gasteiger charge is 2.08. The van der Waals surface area contributed by atoms with Gasteiger partial charge in [0.25, 0.3) is 0 Å². The van der Waals surface area contributed by atoms with Crippen LogP contribution in [0, 0.1) is 11.8 Å². The van der Waals surface area contributed by atoms with Crippen molar-refractivity contribution in [1.29, 1.82) is 0 Å². The Balaban J connectivity index is 2.15. The molecule has 1 aromatic rings. The molecule has 3 heteroatoms. The summed E-state index contributed by atoms with van der Waals surface area (Å²) in [4.78, 5) is 0. The highest BCUT2D eigenvalue weighted by Crippen LogP contribution is 2.05. The van der Waals surface area contributed by atoms with Crippen molar-refractivity contribution in [2.45, 2.75) is 45.0 Å². The van der Waals surface area contributed by atoms with Crippen LogP contribution in [0.3, 0.4) is 0 Å². The normalized spacial score (nSPS) is 13.0. The van der Waals surface area contributed by atoms with E-state index in [9.17, 15) is 10.2 Å². The van der Waals surface area contributed by atoms with Gasteiger partial charge in [-0.2, -0.15) is 0 Å². The van der Waals surface area contributed by atoms with E-state index in [2.05, 4.69) is 11.8 Å². The zero-order valence-corrected chi connectivity index (χ0v) is 12.7. The summed E-state index contributed by atoms with van der Waals surface area (Å²) in [6, 6.07) is 9.87. The topological polar surface area (TPSA) is 49.7 Å². The van der Waals surface area contributed by atoms with Crippen LogP contribution in [0.5, 0.6) is 0 Å². The molecule has 0 amide bonds. The predicted octanol–water partition coefficient (Wildman–Crippen LogP) is 2.67. The van der Waals surface area contributed by atoms with Crippen molar-refractivity contribution in [3.8, 4) is 11.8 Å². The van der Waals surface area contributed by atoms with Gasteiger partial charge in [0, 0.05) is 6.42 Å². The number of aliphatic hydroxyl groups is 2. The third kappa shape index (κ3) is 9.86. The third-order valence-electron chi connectivity index (χ3n) is 2.65. The van der Waals surface area contributed by atoms with Crippen molar-refractivity contribution in [3.05, 3.63) is 48.0 Å². The average Bonchev–Trinajstić information content (AvgIpc) is 2.43. The maximum atomic E-state index is 9.75. The molecule has 21 heavy (non-hydrogen) atoms. The highest BCUT2D eigenvalue weighted by molar-refractivity contribution is 5.16. The van der Waals surface area contributed by atoms with Gasteiger partial charge >= 0.3 is 0 Å². The first-order valence-electron chi connectivity index (χ1n) is 7.13. The van der Waals surface area contributed by atoms with Crippen LogP contribution >= 0.6 is 0 Å². The first-order chi connectivity index (χ1) is 9.97. The molecule has 0 saturated carbocycles. The van der Waals surface area contributed by atoms with E-state index in [4.69, 9.17) is 4.74 Å². The summed E-state index contributed by atoms with van der Waals surface area (Å²) in [7, 11) is 0. The third-order valence-corrected chi connectivity index (χ3v) is 2.65. The summed E-state index contributed by atoms with van der Waals surface area (Å²) in [6.45, 7) is 4.25. The molecular weight excluding hydrogens is 264 g/mol. The lowest BCUT2D eigenvalue weighted by molar-refractivity contribution is 0.0301. The second-order valence-corrected chi connectivity index (χ2v) is 5.60. The lowest BCUT2D eigenvalue weighted by Crippen LogP contribution is -2.16. The molecule has 0 aromatic heterocycles. The first-order valence-corrected chi connectivity index (χ1v) is 7.13. The molecule has 0 fully saturated rings. The average molecular weight is 288 g/mol. The number of aliphatic hydroxyl groups excluding tert-OH is 1. The Morgan fingerprint density at radius 3 is 2.67 bits per heavy atom. The van der Waals surface area contributed by atoms with Crippen LogP contribution in [-0.2, 0) is 11.3 Å². The second kappa shape index (κ2) is 9.36. The number of rotatable bonds is 7. The van der Waals surface area contributed by atoms with E-state index in [0.717, 1.165) is 5.56 Å². The van der Waals surface area contributed by atoms with Crippen LogP contribution in [0.15, 0.2) is 42.5 Å². The largest absolute Gasteiger partial charge is 0.390 e. The predicted molar refractivity (Wildman–Crippen MR) is 84.6 cm³/mol. The molecule has 0 radical (unpaired) electrons. The van der Waals surface area contributed by atoms with Crippen LogP contribution in [0.2, 0.25) is 0 Å². The van der Waals surface area contributed by atoms with E-state index < -0.39 is 11.7 Å². The van der Waals surface area contributed by atoms with Crippen LogP contribution < -0.4 is 0 Å². The Kier molecular flexibility index (Phi) is 7.78. The fourth-order valence-electron chi connectivity index (χ4n) is 1.57. The number of hydrogen-bond donors (Lipinski definition) is 2. The fraction of sp³-hybridized carbons (Fsp3) is 0.444. The van der Waals surface area contributed by atoms with E-state index in [-0.39, 0.29) is 0 Å². The fourth-order valence-corrected chi connectivity index (χ4v) is 1.57. The van der Waals surface area contributed by atoms with Gasteiger partial charge in [0.2, 0.25) is 0 Å². The summed E-state index contributed by atoms with van der Waals surface area (Å²) < 4.78 is 5.45. The minimum absolute atomic E-state index is 0.302. The molecular formula is C18H24O3. The zero-order chi connectivity index (χ0) is 15.6. The molecule has 1 atom stereocenters. The molecule has 2 N–H and O–H groups in total. The van der Waals surface area contributed by atoms with E-state index in [0.29, 0.717) is 26.1 Å². The molecule has 0 spiro atoms. The molecule has 0 aliphatic rings. The van der Waals surface area contributed by atoms with Gasteiger partial charge in [-0.15, -0.1) is 0 Å². The Labute approximate surface area is 127 Å². The van der Waals surface area contributed by atoms with Crippen molar-refractivity contribution in [1.82, 2.24) is 0 Å². The summed E-state index contributed by atoms with van der Waals surface area (Å²) >= 11 is 0. The number of hydrogen-bond acceptors (Lipinski definition) is 3. The lowest BCUT2D eigenvalue weighted by Gasteiger charge is -2.11. The number of ether oxygens (including phenoxy) is 1. The van der Waals surface area contributed by atoms with Crippen LogP contribution in [0.25, 0.3) is 0 Å². The van der Waals surface area contributed by atoms with E-state index in [1.165, 1.54) is 0 Å². The molecule has 0 heterocycles. The van der Waals surface area contributed by atoms with Crippen molar-refractivity contribution in [2.75, 3.05) is 6.61 Å². The SMILES string of the molecule is CC(C)(O)CC#C/C=C\CC(O)COCc1ccccc1. The standard InChI is InChI=1S/C18H24O3/c1-18(2,20)13-9-4-3-8-12-17(19)15-21-14-16-10-6-5-7-11-16/h3,5-8,10-11,17,19-20H,12-15H2,1-2H3/b8-3-. The van der Waals surface area contributed by atoms with Gasteiger partial charge in [0.1, 0.15) is 0 Å². The smallest absolute Gasteiger partial charge is 0.0808 e. The van der Waals surface area contributed by atoms with Gasteiger partial charge in [-0.3, -0.25) is 0 Å². The summed E-state index contributed by atoms with van der Waals surface area (Å²) in [6.07, 6.45) is 3.92. The molecule has 0 aliphatic heterocycles. The summed E-state index contributed by atoms with van der Waals surface area (Å²) in [5, 5.41) is 19.2. The second-order valence-electron chi connectivity index (χ2n) is 5.60. The molecule has 3 nitrogen and oxygen atoms in total. The quantitative estimate of drug-likeness (QED) is 0.758. The van der Waals surface area contributed by atoms with E-state index in [1.54, 1.807) is 19.9 Å². The first kappa shape index (κ1) is 17.5. The molecule has 1 unspecified atom stereocenters. The van der Waals surface area contributed by atoms with Crippen molar-refractivity contribution < 1.29 is 14.9 Å². The Morgan fingerprint density at radius 2 is 2.00 bits per heavy atom. The van der Waals surface area contributed by atoms with Gasteiger partial charge < -0.3 is 14.9 Å². The molecule has 0 aliphatic carbocycles. The number of benzene rings is 1. The Morgan fingerprint density at radius 1 is 1.29 bits per heavy atom. The van der Waals surface area contributed by atoms with Crippen LogP contribution in [-0.4, -0.2) is 28.5 Å². The molecule has 1 rings (SSSR count). The number of allylic oxidation sites excluding steroid dienone is 1. The van der Waals surface area contributed by atoms with E-state index in [1.807, 2.05) is 36.4 Å². The summed E-state index contributed by atoms with van der Waals surface area (Å²) in [5.41, 5.74) is 0.337. The van der Waals surface area contributed by atoms with Crippen molar-refractivity contribution in [3.63, 3.8) is 0 Å². The molecule has 0 saturated heterocycles. The van der Waals surface area contributed by atoms with Crippen LogP contribution in [0.4, 0.5) is 0 Å². The van der Waals surface area contributed by atoms with Gasteiger partial charge in [-0.25, -0.2) is 0 Å². The van der Waals surface area contributed by atoms with Crippen molar-refractivity contribution in [2.24, 2.45) is 0 Å². The highest BCUT2D eigenvalue weighted by atomic mass is 16.5. The Hall–Kier alpha value is -1.60. The Bertz CT molecular complexity index is 475. The summed E-state index contributed by atoms with van der Waals surface area (Å²) in [5.74, 6) is 5.70.